The Morgan fingerprint density at radius 3 is 2.50 bits per heavy atom. The van der Waals surface area contributed by atoms with Crippen molar-refractivity contribution in [3.8, 4) is 0 Å². The van der Waals surface area contributed by atoms with Crippen molar-refractivity contribution in [2.24, 2.45) is 7.05 Å². The van der Waals surface area contributed by atoms with E-state index in [1.54, 1.807) is 26.4 Å². The van der Waals surface area contributed by atoms with Gasteiger partial charge in [-0.25, -0.2) is 4.79 Å². The second-order valence-electron chi connectivity index (χ2n) is 1.96. The zero-order valence-corrected chi connectivity index (χ0v) is 7.96. The Labute approximate surface area is 72.3 Å². The van der Waals surface area contributed by atoms with E-state index in [2.05, 4.69) is 10.3 Å². The van der Waals surface area contributed by atoms with Crippen LogP contribution in [0, 0.1) is 0 Å². The second-order valence-corrected chi connectivity index (χ2v) is 1.96. The molecule has 4 heteroatoms. The maximum atomic E-state index is 10.8. The zero-order valence-electron chi connectivity index (χ0n) is 7.96. The monoisotopic (exact) mass is 169 g/mol. The minimum Gasteiger partial charge on any atom is -0.373 e. The Bertz CT molecular complexity index is 280. The summed E-state index contributed by atoms with van der Waals surface area (Å²) in [6.07, 6.45) is 1.67. The predicted molar refractivity (Wildman–Crippen MR) is 50.4 cm³/mol. The van der Waals surface area contributed by atoms with Gasteiger partial charge in [0.05, 0.1) is 0 Å². The molecule has 1 aromatic heterocycles. The highest BCUT2D eigenvalue weighted by molar-refractivity contribution is 5.30. The number of anilines is 1. The van der Waals surface area contributed by atoms with Crippen LogP contribution in [0.4, 0.5) is 5.82 Å². The Morgan fingerprint density at radius 2 is 2.08 bits per heavy atom. The molecule has 1 aromatic rings. The van der Waals surface area contributed by atoms with Gasteiger partial charge in [0.1, 0.15) is 5.82 Å². The van der Waals surface area contributed by atoms with E-state index in [0.717, 1.165) is 0 Å². The molecular formula is C8H15N3O. The van der Waals surface area contributed by atoms with Gasteiger partial charge in [-0.2, -0.15) is 4.98 Å². The van der Waals surface area contributed by atoms with Crippen molar-refractivity contribution in [2.75, 3.05) is 12.4 Å². The van der Waals surface area contributed by atoms with Crippen LogP contribution in [-0.2, 0) is 7.05 Å². The van der Waals surface area contributed by atoms with Gasteiger partial charge in [-0.3, -0.25) is 0 Å². The Kier molecular flexibility index (Phi) is 4.76. The number of hydrogen-bond acceptors (Lipinski definition) is 3. The average Bonchev–Trinajstić information content (AvgIpc) is 2.13. The highest BCUT2D eigenvalue weighted by atomic mass is 16.1. The molecule has 0 bridgehead atoms. The summed E-state index contributed by atoms with van der Waals surface area (Å²) in [7, 11) is 3.39. The van der Waals surface area contributed by atoms with Gasteiger partial charge < -0.3 is 9.88 Å². The third-order valence-electron chi connectivity index (χ3n) is 1.23. The van der Waals surface area contributed by atoms with Crippen LogP contribution in [0.15, 0.2) is 17.1 Å². The average molecular weight is 169 g/mol. The fraction of sp³-hybridized carbons (Fsp3) is 0.500. The van der Waals surface area contributed by atoms with Crippen molar-refractivity contribution in [1.82, 2.24) is 9.55 Å². The summed E-state index contributed by atoms with van der Waals surface area (Å²) in [6, 6.07) is 1.74. The Morgan fingerprint density at radius 1 is 1.50 bits per heavy atom. The SMILES string of the molecule is CC.CNc1ccn(C)c(=O)n1. The van der Waals surface area contributed by atoms with E-state index >= 15 is 0 Å². The number of nitrogens with zero attached hydrogens (tertiary/aromatic N) is 2. The Hall–Kier alpha value is -1.32. The number of nitrogens with one attached hydrogen (secondary N) is 1. The molecule has 0 amide bonds. The zero-order chi connectivity index (χ0) is 9.56. The van der Waals surface area contributed by atoms with Crippen LogP contribution >= 0.6 is 0 Å². The molecule has 0 fully saturated rings. The van der Waals surface area contributed by atoms with Crippen LogP contribution < -0.4 is 11.0 Å². The van der Waals surface area contributed by atoms with Gasteiger partial charge in [-0.05, 0) is 6.07 Å². The molecule has 0 saturated heterocycles. The molecule has 0 aliphatic heterocycles. The van der Waals surface area contributed by atoms with Gasteiger partial charge in [-0.1, -0.05) is 13.8 Å². The quantitative estimate of drug-likeness (QED) is 0.678. The van der Waals surface area contributed by atoms with E-state index in [-0.39, 0.29) is 5.69 Å². The van der Waals surface area contributed by atoms with E-state index < -0.39 is 0 Å². The molecular weight excluding hydrogens is 154 g/mol. The molecule has 0 atom stereocenters. The molecule has 0 radical (unpaired) electrons. The maximum absolute atomic E-state index is 10.8. The first-order valence-corrected chi connectivity index (χ1v) is 3.95. The molecule has 0 aliphatic rings. The van der Waals surface area contributed by atoms with Gasteiger partial charge in [0, 0.05) is 20.3 Å². The predicted octanol–water partition coefficient (Wildman–Crippen LogP) is 0.848. The first-order chi connectivity index (χ1) is 5.74. The normalized spacial score (nSPS) is 8.33. The standard InChI is InChI=1S/C6H9N3O.C2H6/c1-7-5-3-4-9(2)6(10)8-5;1-2/h3-4H,1-2H3,(H,7,8,10);1-2H3. The number of aromatic nitrogens is 2. The van der Waals surface area contributed by atoms with E-state index in [4.69, 9.17) is 0 Å². The second kappa shape index (κ2) is 5.35. The molecule has 0 saturated carbocycles. The highest BCUT2D eigenvalue weighted by Crippen LogP contribution is 1.92. The van der Waals surface area contributed by atoms with Crippen LogP contribution in [0.2, 0.25) is 0 Å². The van der Waals surface area contributed by atoms with Crippen LogP contribution in [0.5, 0.6) is 0 Å². The van der Waals surface area contributed by atoms with Crippen molar-refractivity contribution >= 4 is 5.82 Å². The van der Waals surface area contributed by atoms with E-state index in [1.165, 1.54) is 4.57 Å². The molecule has 0 spiro atoms. The number of hydrogen-bond donors (Lipinski definition) is 1. The lowest BCUT2D eigenvalue weighted by Gasteiger charge is -1.97. The van der Waals surface area contributed by atoms with E-state index in [0.29, 0.717) is 5.82 Å². The third-order valence-corrected chi connectivity index (χ3v) is 1.23. The van der Waals surface area contributed by atoms with Crippen molar-refractivity contribution in [3.05, 3.63) is 22.7 Å². The van der Waals surface area contributed by atoms with Crippen molar-refractivity contribution in [3.63, 3.8) is 0 Å². The lowest BCUT2D eigenvalue weighted by atomic mass is 10.6. The summed E-state index contributed by atoms with van der Waals surface area (Å²) in [4.78, 5) is 14.5. The minimum absolute atomic E-state index is 0.244. The molecule has 0 aromatic carbocycles. The molecule has 0 unspecified atom stereocenters. The first kappa shape index (κ1) is 10.7. The maximum Gasteiger partial charge on any atom is 0.349 e. The fourth-order valence-corrected chi connectivity index (χ4v) is 0.605. The van der Waals surface area contributed by atoms with E-state index in [1.807, 2.05) is 13.8 Å². The van der Waals surface area contributed by atoms with Crippen molar-refractivity contribution in [1.29, 1.82) is 0 Å². The molecule has 4 nitrogen and oxygen atoms in total. The molecule has 1 heterocycles. The van der Waals surface area contributed by atoms with Gasteiger partial charge in [0.25, 0.3) is 0 Å². The summed E-state index contributed by atoms with van der Waals surface area (Å²) in [6.45, 7) is 4.00. The molecule has 0 aliphatic carbocycles. The van der Waals surface area contributed by atoms with Crippen LogP contribution in [0.3, 0.4) is 0 Å². The highest BCUT2D eigenvalue weighted by Gasteiger charge is 1.91. The summed E-state index contributed by atoms with van der Waals surface area (Å²) in [5, 5.41) is 2.77. The minimum atomic E-state index is -0.244. The van der Waals surface area contributed by atoms with Crippen LogP contribution in [-0.4, -0.2) is 16.6 Å². The molecule has 12 heavy (non-hydrogen) atoms. The van der Waals surface area contributed by atoms with E-state index in [9.17, 15) is 4.79 Å². The fourth-order valence-electron chi connectivity index (χ4n) is 0.605. The number of aryl methyl sites for hydroxylation is 1. The summed E-state index contributed by atoms with van der Waals surface area (Å²) >= 11 is 0. The third kappa shape index (κ3) is 2.74. The topological polar surface area (TPSA) is 46.9 Å². The molecule has 1 N–H and O–H groups in total. The smallest absolute Gasteiger partial charge is 0.349 e. The van der Waals surface area contributed by atoms with Crippen molar-refractivity contribution < 1.29 is 0 Å². The summed E-state index contributed by atoms with van der Waals surface area (Å²) in [5.74, 6) is 0.600. The van der Waals surface area contributed by atoms with Gasteiger partial charge in [0.2, 0.25) is 0 Å². The van der Waals surface area contributed by atoms with Crippen LogP contribution in [0.25, 0.3) is 0 Å². The van der Waals surface area contributed by atoms with Crippen LogP contribution in [0.1, 0.15) is 13.8 Å². The molecule has 1 rings (SSSR count). The van der Waals surface area contributed by atoms with Gasteiger partial charge in [-0.15, -0.1) is 0 Å². The lowest BCUT2D eigenvalue weighted by Crippen LogP contribution is -2.19. The summed E-state index contributed by atoms with van der Waals surface area (Å²) < 4.78 is 1.42. The van der Waals surface area contributed by atoms with Gasteiger partial charge >= 0.3 is 5.69 Å². The Balaban J connectivity index is 0.000000561. The van der Waals surface area contributed by atoms with Gasteiger partial charge in [0.15, 0.2) is 0 Å². The first-order valence-electron chi connectivity index (χ1n) is 3.95. The summed E-state index contributed by atoms with van der Waals surface area (Å²) in [5.41, 5.74) is -0.244. The largest absolute Gasteiger partial charge is 0.373 e. The van der Waals surface area contributed by atoms with Crippen molar-refractivity contribution in [2.45, 2.75) is 13.8 Å². The number of rotatable bonds is 1. The molecule has 68 valence electrons. The lowest BCUT2D eigenvalue weighted by molar-refractivity contribution is 0.812.